The summed E-state index contributed by atoms with van der Waals surface area (Å²) in [6.45, 7) is 3.40. The molecule has 0 atom stereocenters. The van der Waals surface area contributed by atoms with Crippen LogP contribution in [0.5, 0.6) is 0 Å². The summed E-state index contributed by atoms with van der Waals surface area (Å²) >= 11 is 1.66. The van der Waals surface area contributed by atoms with Crippen molar-refractivity contribution in [2.24, 2.45) is 0 Å². The Labute approximate surface area is 204 Å². The molecule has 0 unspecified atom stereocenters. The fourth-order valence-corrected chi connectivity index (χ4v) is 6.29. The highest BCUT2D eigenvalue weighted by atomic mass is 32.2. The molecule has 4 aromatic rings. The summed E-state index contributed by atoms with van der Waals surface area (Å²) < 4.78 is 26.2. The largest absolute Gasteiger partial charge is 0.366 e. The van der Waals surface area contributed by atoms with E-state index >= 15 is 0 Å². The summed E-state index contributed by atoms with van der Waals surface area (Å²) in [4.78, 5) is 14.6. The minimum Gasteiger partial charge on any atom is -0.366 e. The number of nitrogens with one attached hydrogen (secondary N) is 1. The average molecular weight is 493 g/mol. The van der Waals surface area contributed by atoms with Crippen LogP contribution in [0, 0.1) is 0 Å². The molecule has 6 nitrogen and oxygen atoms in total. The van der Waals surface area contributed by atoms with E-state index in [9.17, 15) is 8.42 Å². The number of benzene rings is 1. The van der Waals surface area contributed by atoms with Crippen LogP contribution in [-0.4, -0.2) is 34.7 Å². The van der Waals surface area contributed by atoms with Crippen molar-refractivity contribution in [2.75, 3.05) is 5.32 Å². The third kappa shape index (κ3) is 4.70. The molecule has 1 aromatic carbocycles. The minimum absolute atomic E-state index is 0.352. The maximum atomic E-state index is 12.6. The molecule has 8 heteroatoms. The van der Waals surface area contributed by atoms with Crippen LogP contribution in [0.1, 0.15) is 50.8 Å². The lowest BCUT2D eigenvalue weighted by Gasteiger charge is -2.14. The van der Waals surface area contributed by atoms with Crippen LogP contribution in [-0.2, 0) is 16.3 Å². The number of rotatable bonds is 7. The normalized spacial score (nSPS) is 14.8. The van der Waals surface area contributed by atoms with Gasteiger partial charge in [-0.05, 0) is 68.0 Å². The van der Waals surface area contributed by atoms with Gasteiger partial charge in [0.25, 0.3) is 0 Å². The van der Waals surface area contributed by atoms with E-state index in [0.717, 1.165) is 32.9 Å². The van der Waals surface area contributed by atoms with E-state index in [4.69, 9.17) is 9.97 Å². The second-order valence-corrected chi connectivity index (χ2v) is 12.5. The molecule has 3 aromatic heterocycles. The molecule has 0 spiro atoms. The van der Waals surface area contributed by atoms with Crippen molar-refractivity contribution >= 4 is 37.2 Å². The molecule has 0 aliphatic heterocycles. The van der Waals surface area contributed by atoms with Gasteiger partial charge in [-0.2, -0.15) is 0 Å². The molecule has 0 radical (unpaired) electrons. The Bertz CT molecular complexity index is 1420. The van der Waals surface area contributed by atoms with Gasteiger partial charge in [0.15, 0.2) is 15.7 Å². The van der Waals surface area contributed by atoms with Crippen molar-refractivity contribution < 1.29 is 8.42 Å². The van der Waals surface area contributed by atoms with Crippen LogP contribution in [0.2, 0.25) is 0 Å². The molecule has 34 heavy (non-hydrogen) atoms. The number of hydrogen-bond donors (Lipinski definition) is 1. The topological polar surface area (TPSA) is 84.8 Å². The molecule has 1 fully saturated rings. The number of aromatic nitrogens is 3. The number of hydrogen-bond acceptors (Lipinski definition) is 7. The minimum atomic E-state index is -3.32. The number of sulfone groups is 1. The summed E-state index contributed by atoms with van der Waals surface area (Å²) in [6, 6.07) is 13.6. The predicted molar refractivity (Wildman–Crippen MR) is 138 cm³/mol. The van der Waals surface area contributed by atoms with Crippen LogP contribution < -0.4 is 5.32 Å². The fraction of sp³-hybridized carbons (Fsp3) is 0.346. The van der Waals surface area contributed by atoms with Crippen molar-refractivity contribution in [3.8, 4) is 11.4 Å². The Morgan fingerprint density at radius 2 is 1.91 bits per heavy atom. The Morgan fingerprint density at radius 3 is 2.71 bits per heavy atom. The van der Waals surface area contributed by atoms with Crippen molar-refractivity contribution in [3.05, 3.63) is 65.3 Å². The molecule has 1 aliphatic rings. The highest BCUT2D eigenvalue weighted by Crippen LogP contribution is 2.32. The Kier molecular flexibility index (Phi) is 6.36. The van der Waals surface area contributed by atoms with Gasteiger partial charge in [-0.1, -0.05) is 25.0 Å². The molecule has 0 saturated heterocycles. The van der Waals surface area contributed by atoms with Gasteiger partial charge in [-0.15, -0.1) is 11.3 Å². The molecular weight excluding hydrogens is 464 g/mol. The number of thiophene rings is 1. The summed E-state index contributed by atoms with van der Waals surface area (Å²) in [5.41, 5.74) is 3.60. The molecule has 176 valence electrons. The zero-order valence-corrected chi connectivity index (χ0v) is 21.0. The number of fused-ring (bicyclic) bond motifs is 1. The molecule has 0 bridgehead atoms. The second-order valence-electron chi connectivity index (χ2n) is 9.11. The SMILES string of the molecule is CC(C)S(=O)(=O)c1cccc(Cc2cc(-c3nc(NC4CCCC4)c4sccc4n3)ccn2)c1. The lowest BCUT2D eigenvalue weighted by atomic mass is 10.1. The van der Waals surface area contributed by atoms with Gasteiger partial charge in [-0.25, -0.2) is 18.4 Å². The van der Waals surface area contributed by atoms with Gasteiger partial charge in [0.05, 0.1) is 20.4 Å². The van der Waals surface area contributed by atoms with Crippen molar-refractivity contribution in [3.63, 3.8) is 0 Å². The molecule has 3 heterocycles. The molecule has 1 N–H and O–H groups in total. The Balaban J connectivity index is 1.45. The van der Waals surface area contributed by atoms with Gasteiger partial charge in [0, 0.05) is 29.9 Å². The predicted octanol–water partition coefficient (Wildman–Crippen LogP) is 5.88. The van der Waals surface area contributed by atoms with E-state index in [2.05, 4.69) is 15.7 Å². The van der Waals surface area contributed by atoms with Crippen LogP contribution in [0.15, 0.2) is 58.9 Å². The first-order chi connectivity index (χ1) is 16.4. The van der Waals surface area contributed by atoms with E-state index < -0.39 is 15.1 Å². The number of anilines is 1. The van der Waals surface area contributed by atoms with Gasteiger partial charge in [-0.3, -0.25) is 4.98 Å². The van der Waals surface area contributed by atoms with E-state index in [1.807, 2.05) is 24.3 Å². The highest BCUT2D eigenvalue weighted by molar-refractivity contribution is 7.92. The van der Waals surface area contributed by atoms with Gasteiger partial charge < -0.3 is 5.32 Å². The maximum absolute atomic E-state index is 12.6. The first kappa shape index (κ1) is 22.9. The van der Waals surface area contributed by atoms with E-state index in [-0.39, 0.29) is 0 Å². The van der Waals surface area contributed by atoms with E-state index in [1.54, 1.807) is 49.6 Å². The first-order valence-electron chi connectivity index (χ1n) is 11.7. The number of pyridine rings is 1. The summed E-state index contributed by atoms with van der Waals surface area (Å²) in [7, 11) is -3.32. The monoisotopic (exact) mass is 492 g/mol. The van der Waals surface area contributed by atoms with Gasteiger partial charge in [0.2, 0.25) is 0 Å². The third-order valence-electron chi connectivity index (χ3n) is 6.31. The lowest BCUT2D eigenvalue weighted by Crippen LogP contribution is -2.16. The van der Waals surface area contributed by atoms with Crippen LogP contribution in [0.3, 0.4) is 0 Å². The summed E-state index contributed by atoms with van der Waals surface area (Å²) in [5.74, 6) is 1.58. The molecular formula is C26H28N4O2S2. The van der Waals surface area contributed by atoms with Crippen molar-refractivity contribution in [1.82, 2.24) is 15.0 Å². The first-order valence-corrected chi connectivity index (χ1v) is 14.1. The molecule has 1 aliphatic carbocycles. The van der Waals surface area contributed by atoms with Gasteiger partial charge in [0.1, 0.15) is 5.82 Å². The maximum Gasteiger partial charge on any atom is 0.180 e. The van der Waals surface area contributed by atoms with Crippen LogP contribution >= 0.6 is 11.3 Å². The standard InChI is InChI=1S/C26H28N4O2S2/c1-17(2)34(31,32)22-9-5-6-18(15-22)14-21-16-19(10-12-27-21)25-29-23-11-13-33-24(23)26(30-25)28-20-7-3-4-8-20/h5-6,9-13,15-17,20H,3-4,7-8,14H2,1-2H3,(H,28,29,30). The lowest BCUT2D eigenvalue weighted by molar-refractivity contribution is 0.587. The fourth-order valence-electron chi connectivity index (χ4n) is 4.38. The van der Waals surface area contributed by atoms with Gasteiger partial charge >= 0.3 is 0 Å². The van der Waals surface area contributed by atoms with Crippen LogP contribution in [0.25, 0.3) is 21.6 Å². The molecule has 5 rings (SSSR count). The van der Waals surface area contributed by atoms with E-state index in [0.29, 0.717) is 23.2 Å². The van der Waals surface area contributed by atoms with E-state index in [1.165, 1.54) is 25.7 Å². The zero-order chi connectivity index (χ0) is 23.7. The molecule has 1 saturated carbocycles. The summed E-state index contributed by atoms with van der Waals surface area (Å²) in [5, 5.41) is 5.25. The number of nitrogens with zero attached hydrogens (tertiary/aromatic N) is 3. The second kappa shape index (κ2) is 9.43. The van der Waals surface area contributed by atoms with Crippen molar-refractivity contribution in [1.29, 1.82) is 0 Å². The zero-order valence-electron chi connectivity index (χ0n) is 19.4. The Hall–Kier alpha value is -2.84. The van der Waals surface area contributed by atoms with Crippen LogP contribution in [0.4, 0.5) is 5.82 Å². The quantitative estimate of drug-likeness (QED) is 0.347. The third-order valence-corrected chi connectivity index (χ3v) is 9.37. The smallest absolute Gasteiger partial charge is 0.180 e. The molecule has 0 amide bonds. The summed E-state index contributed by atoms with van der Waals surface area (Å²) in [6.07, 6.45) is 7.18. The Morgan fingerprint density at radius 1 is 1.09 bits per heavy atom. The highest BCUT2D eigenvalue weighted by Gasteiger charge is 2.20. The van der Waals surface area contributed by atoms with Crippen molar-refractivity contribution in [2.45, 2.75) is 62.1 Å². The average Bonchev–Trinajstić information content (AvgIpc) is 3.51.